The molecule has 1 fully saturated rings. The van der Waals surface area contributed by atoms with E-state index in [4.69, 9.17) is 0 Å². The summed E-state index contributed by atoms with van der Waals surface area (Å²) >= 11 is 8.44. The zero-order chi connectivity index (χ0) is 13.3. The molecule has 0 saturated carbocycles. The van der Waals surface area contributed by atoms with Crippen LogP contribution in [0.1, 0.15) is 43.5 Å². The van der Waals surface area contributed by atoms with Gasteiger partial charge in [0.05, 0.1) is 14.1 Å². The Labute approximate surface area is 129 Å². The Morgan fingerprint density at radius 1 is 1.39 bits per heavy atom. The van der Waals surface area contributed by atoms with Crippen molar-refractivity contribution >= 4 is 49.0 Å². The van der Waals surface area contributed by atoms with Crippen LogP contribution in [0.5, 0.6) is 0 Å². The first-order valence-corrected chi connectivity index (χ1v) is 8.63. The van der Waals surface area contributed by atoms with Crippen LogP contribution < -0.4 is 0 Å². The summed E-state index contributed by atoms with van der Waals surface area (Å²) in [5, 5.41) is 0. The van der Waals surface area contributed by atoms with Gasteiger partial charge in [-0.2, -0.15) is 0 Å². The van der Waals surface area contributed by atoms with E-state index >= 15 is 0 Å². The summed E-state index contributed by atoms with van der Waals surface area (Å²) < 4.78 is 1.93. The van der Waals surface area contributed by atoms with Crippen molar-refractivity contribution in [3.05, 3.63) is 19.2 Å². The molecule has 0 N–H and O–H groups in total. The van der Waals surface area contributed by atoms with Gasteiger partial charge in [0.2, 0.25) is 0 Å². The first-order valence-electron chi connectivity index (χ1n) is 6.23. The van der Waals surface area contributed by atoms with Gasteiger partial charge in [-0.25, -0.2) is 0 Å². The minimum absolute atomic E-state index is 0.212. The Morgan fingerprint density at radius 2 is 2.00 bits per heavy atom. The number of hydrogen-bond donors (Lipinski definition) is 0. The van der Waals surface area contributed by atoms with Crippen molar-refractivity contribution in [3.63, 3.8) is 0 Å². The minimum atomic E-state index is 0.212. The van der Waals surface area contributed by atoms with Gasteiger partial charge in [0.1, 0.15) is 0 Å². The predicted octanol–water partition coefficient (Wildman–Crippen LogP) is 4.72. The van der Waals surface area contributed by atoms with Crippen LogP contribution in [0.15, 0.2) is 13.6 Å². The molecule has 0 spiro atoms. The molecule has 5 heteroatoms. The lowest BCUT2D eigenvalue weighted by atomic mass is 9.97. The predicted molar refractivity (Wildman–Crippen MR) is 83.5 cm³/mol. The van der Waals surface area contributed by atoms with Gasteiger partial charge in [0.25, 0.3) is 0 Å². The molecule has 100 valence electrons. The molecule has 0 bridgehead atoms. The number of nitrogens with zero attached hydrogens (tertiary/aromatic N) is 1. The molecular formula is C13H17Br2NOS. The molecule has 2 rings (SSSR count). The maximum atomic E-state index is 12.4. The van der Waals surface area contributed by atoms with Gasteiger partial charge in [0, 0.05) is 17.6 Å². The average Bonchev–Trinajstić information content (AvgIpc) is 2.63. The zero-order valence-corrected chi connectivity index (χ0v) is 14.6. The van der Waals surface area contributed by atoms with E-state index < -0.39 is 0 Å². The maximum Gasteiger partial charge on any atom is 0.178 e. The number of piperidine rings is 1. The van der Waals surface area contributed by atoms with Gasteiger partial charge in [0.15, 0.2) is 5.78 Å². The third-order valence-electron chi connectivity index (χ3n) is 3.66. The lowest BCUT2D eigenvalue weighted by molar-refractivity contribution is 0.0734. The Kier molecular flexibility index (Phi) is 5.03. The first kappa shape index (κ1) is 14.7. The second-order valence-electron chi connectivity index (χ2n) is 4.96. The largest absolute Gasteiger partial charge is 0.293 e. The van der Waals surface area contributed by atoms with E-state index in [0.29, 0.717) is 18.6 Å². The lowest BCUT2D eigenvalue weighted by Gasteiger charge is -2.38. The molecule has 2 heterocycles. The Morgan fingerprint density at radius 3 is 2.50 bits per heavy atom. The van der Waals surface area contributed by atoms with Crippen LogP contribution in [0, 0.1) is 0 Å². The highest BCUT2D eigenvalue weighted by Crippen LogP contribution is 2.32. The summed E-state index contributed by atoms with van der Waals surface area (Å²) in [4.78, 5) is 14.7. The molecule has 2 unspecified atom stereocenters. The number of carbonyl (C=O) groups is 1. The van der Waals surface area contributed by atoms with Gasteiger partial charge in [-0.05, 0) is 64.6 Å². The Bertz CT molecular complexity index is 436. The second kappa shape index (κ2) is 6.16. The third kappa shape index (κ3) is 3.24. The third-order valence-corrected chi connectivity index (χ3v) is 6.00. The quantitative estimate of drug-likeness (QED) is 0.691. The normalized spacial score (nSPS) is 25.3. The van der Waals surface area contributed by atoms with E-state index in [9.17, 15) is 4.79 Å². The number of ketones is 1. The number of rotatable bonds is 3. The van der Waals surface area contributed by atoms with E-state index in [-0.39, 0.29) is 5.78 Å². The molecule has 0 aromatic carbocycles. The molecule has 2 nitrogen and oxygen atoms in total. The van der Waals surface area contributed by atoms with Crippen LogP contribution in [0.25, 0.3) is 0 Å². The fourth-order valence-corrected chi connectivity index (χ4v) is 5.42. The summed E-state index contributed by atoms with van der Waals surface area (Å²) in [5.41, 5.74) is 0.803. The SMILES string of the molecule is CC1CCCC(C)N1CC(=O)c1cc(Br)sc1Br. The molecule has 0 radical (unpaired) electrons. The van der Waals surface area contributed by atoms with Crippen molar-refractivity contribution in [2.75, 3.05) is 6.54 Å². The highest BCUT2D eigenvalue weighted by Gasteiger charge is 2.27. The van der Waals surface area contributed by atoms with Crippen LogP contribution in [-0.2, 0) is 0 Å². The monoisotopic (exact) mass is 393 g/mol. The van der Waals surface area contributed by atoms with Gasteiger partial charge < -0.3 is 0 Å². The molecule has 0 amide bonds. The molecule has 1 saturated heterocycles. The van der Waals surface area contributed by atoms with Crippen molar-refractivity contribution in [1.29, 1.82) is 0 Å². The fourth-order valence-electron chi connectivity index (χ4n) is 2.57. The Hall–Kier alpha value is 0.290. The van der Waals surface area contributed by atoms with E-state index in [2.05, 4.69) is 50.6 Å². The minimum Gasteiger partial charge on any atom is -0.293 e. The standard InChI is InChI=1S/C13H17Br2NOS/c1-8-4-3-5-9(2)16(8)7-11(17)10-6-12(14)18-13(10)15/h6,8-9H,3-5,7H2,1-2H3. The van der Waals surface area contributed by atoms with Crippen LogP contribution in [0.4, 0.5) is 0 Å². The number of likely N-dealkylation sites (tertiary alicyclic amines) is 1. The molecule has 0 aliphatic carbocycles. The second-order valence-corrected chi connectivity index (χ2v) is 8.71. The molecule has 1 aliphatic heterocycles. The van der Waals surface area contributed by atoms with E-state index in [1.54, 1.807) is 11.3 Å². The molecular weight excluding hydrogens is 378 g/mol. The zero-order valence-electron chi connectivity index (χ0n) is 10.6. The summed E-state index contributed by atoms with van der Waals surface area (Å²) in [7, 11) is 0. The van der Waals surface area contributed by atoms with Crippen LogP contribution in [0.2, 0.25) is 0 Å². The molecule has 1 aromatic rings. The van der Waals surface area contributed by atoms with Gasteiger partial charge >= 0.3 is 0 Å². The highest BCUT2D eigenvalue weighted by atomic mass is 79.9. The highest BCUT2D eigenvalue weighted by molar-refractivity contribution is 9.12. The summed E-state index contributed by atoms with van der Waals surface area (Å²) in [6, 6.07) is 2.94. The number of thiophene rings is 1. The first-order chi connectivity index (χ1) is 8.49. The van der Waals surface area contributed by atoms with Crippen molar-refractivity contribution in [2.24, 2.45) is 0 Å². The summed E-state index contributed by atoms with van der Waals surface area (Å²) in [6.07, 6.45) is 3.68. The fraction of sp³-hybridized carbons (Fsp3) is 0.615. The lowest BCUT2D eigenvalue weighted by Crippen LogP contribution is -2.46. The topological polar surface area (TPSA) is 20.3 Å². The van der Waals surface area contributed by atoms with E-state index in [1.165, 1.54) is 19.3 Å². The summed E-state index contributed by atoms with van der Waals surface area (Å²) in [5.74, 6) is 0.212. The van der Waals surface area contributed by atoms with Gasteiger partial charge in [-0.1, -0.05) is 6.42 Å². The summed E-state index contributed by atoms with van der Waals surface area (Å²) in [6.45, 7) is 4.98. The Balaban J connectivity index is 2.08. The maximum absolute atomic E-state index is 12.4. The van der Waals surface area contributed by atoms with Crippen molar-refractivity contribution in [1.82, 2.24) is 4.90 Å². The number of carbonyl (C=O) groups excluding carboxylic acids is 1. The average molecular weight is 395 g/mol. The van der Waals surface area contributed by atoms with Crippen LogP contribution in [-0.4, -0.2) is 29.3 Å². The van der Waals surface area contributed by atoms with Crippen molar-refractivity contribution < 1.29 is 4.79 Å². The van der Waals surface area contributed by atoms with E-state index in [1.807, 2.05) is 6.07 Å². The molecule has 18 heavy (non-hydrogen) atoms. The van der Waals surface area contributed by atoms with Gasteiger partial charge in [-0.15, -0.1) is 11.3 Å². The molecule has 2 atom stereocenters. The molecule has 1 aliphatic rings. The van der Waals surface area contributed by atoms with Gasteiger partial charge in [-0.3, -0.25) is 9.69 Å². The van der Waals surface area contributed by atoms with Crippen LogP contribution >= 0.6 is 43.2 Å². The number of halogens is 2. The van der Waals surface area contributed by atoms with E-state index in [0.717, 1.165) is 13.1 Å². The number of Topliss-reactive ketones (excluding diaryl/α,β-unsaturated/α-hetero) is 1. The number of hydrogen-bond acceptors (Lipinski definition) is 3. The van der Waals surface area contributed by atoms with Crippen LogP contribution in [0.3, 0.4) is 0 Å². The smallest absolute Gasteiger partial charge is 0.178 e. The van der Waals surface area contributed by atoms with Crippen molar-refractivity contribution in [2.45, 2.75) is 45.2 Å². The molecule has 1 aromatic heterocycles. The van der Waals surface area contributed by atoms with Crippen molar-refractivity contribution in [3.8, 4) is 0 Å².